The Labute approximate surface area is 396 Å². The first-order valence-corrected chi connectivity index (χ1v) is 21.3. The number of rotatable bonds is 4. The van der Waals surface area contributed by atoms with Gasteiger partial charge in [0.25, 0.3) is 23.6 Å². The van der Waals surface area contributed by atoms with Crippen molar-refractivity contribution < 1.29 is 71.9 Å². The van der Waals surface area contributed by atoms with Crippen molar-refractivity contribution in [2.45, 2.75) is 36.5 Å². The fourth-order valence-corrected chi connectivity index (χ4v) is 10.5. The van der Waals surface area contributed by atoms with Crippen LogP contribution in [0.15, 0.2) is 121 Å². The van der Waals surface area contributed by atoms with Crippen LogP contribution in [-0.4, -0.2) is 23.6 Å². The molecule has 7 aromatic carbocycles. The zero-order valence-corrected chi connectivity index (χ0v) is 35.9. The van der Waals surface area contributed by atoms with Gasteiger partial charge in [-0.2, -0.15) is 52.7 Å². The normalized spacial score (nSPS) is 17.1. The van der Waals surface area contributed by atoms with Gasteiger partial charge < -0.3 is 11.5 Å². The zero-order chi connectivity index (χ0) is 51.5. The van der Waals surface area contributed by atoms with Crippen molar-refractivity contribution in [3.63, 3.8) is 0 Å². The Bertz CT molecular complexity index is 3310. The molecular weight excluding hydrogens is 973 g/mol. The lowest BCUT2D eigenvalue weighted by Crippen LogP contribution is -2.29. The molecule has 4 amide bonds. The third kappa shape index (κ3) is 6.78. The molecule has 0 saturated carbocycles. The second-order valence-electron chi connectivity index (χ2n) is 17.5. The monoisotopic (exact) mass is 998 g/mol. The van der Waals surface area contributed by atoms with Gasteiger partial charge in [-0.15, -0.1) is 0 Å². The first-order chi connectivity index (χ1) is 33.7. The van der Waals surface area contributed by atoms with Crippen molar-refractivity contribution in [2.24, 2.45) is 0 Å². The second kappa shape index (κ2) is 15.0. The Morgan fingerprint density at radius 2 is 0.583 bits per heavy atom. The number of anilines is 4. The maximum Gasteiger partial charge on any atom is 0.417 e. The van der Waals surface area contributed by atoms with Crippen molar-refractivity contribution in [3.05, 3.63) is 199 Å². The molecule has 0 atom stereocenters. The minimum Gasteiger partial charge on any atom is -0.399 e. The Morgan fingerprint density at radius 3 is 0.861 bits per heavy atom. The van der Waals surface area contributed by atoms with Gasteiger partial charge in [-0.05, 0) is 128 Å². The molecule has 5 aliphatic rings. The number of nitrogens with two attached hydrogens (primary N) is 2. The summed E-state index contributed by atoms with van der Waals surface area (Å²) in [5.41, 5.74) is 1.74. The Morgan fingerprint density at radius 1 is 0.319 bits per heavy atom. The van der Waals surface area contributed by atoms with Crippen LogP contribution in [-0.2, 0) is 24.7 Å². The Kier molecular flexibility index (Phi) is 9.61. The molecule has 12 rings (SSSR count). The van der Waals surface area contributed by atoms with E-state index in [4.69, 9.17) is 11.5 Å². The summed E-state index contributed by atoms with van der Waals surface area (Å²) in [5, 5.41) is 0. The van der Waals surface area contributed by atoms with E-state index in [2.05, 4.69) is 0 Å². The Balaban J connectivity index is 0.984. The van der Waals surface area contributed by atoms with Gasteiger partial charge in [0.2, 0.25) is 0 Å². The molecule has 0 unspecified atom stereocenters. The van der Waals surface area contributed by atoms with Gasteiger partial charge in [0.15, 0.2) is 0 Å². The number of nitrogen functional groups attached to an aromatic ring is 2. The molecule has 2 bridgehead atoms. The van der Waals surface area contributed by atoms with Crippen molar-refractivity contribution in [1.29, 1.82) is 0 Å². The molecule has 8 nitrogen and oxygen atoms in total. The summed E-state index contributed by atoms with van der Waals surface area (Å²) in [6.45, 7) is 0. The summed E-state index contributed by atoms with van der Waals surface area (Å²) in [7, 11) is 0. The standard InChI is InChI=1S/C52H26F12N4O4/c53-49(54,55)39-13-21(65)5-9-25(39)27-11-7-23(15-41(27)51(59,60)61)67-45(69)35-17-31-33(19-37(35)47(67)71)44-30-4-2-1-3-29(30)43(31)32-18-36-38(20-34(32)44)48(72)68(46(36)70)24-8-12-28(42(16-24)52(62,63)64)26-10-6-22(66)14-40(26)50(56,57)58/h1-20,43-44H,65-66H2. The number of nitrogens with zero attached hydrogens (tertiary/aromatic N) is 2. The molecule has 0 saturated heterocycles. The topological polar surface area (TPSA) is 127 Å². The molecule has 0 fully saturated rings. The maximum atomic E-state index is 14.7. The summed E-state index contributed by atoms with van der Waals surface area (Å²) in [5.74, 6) is -5.87. The molecule has 7 aromatic rings. The summed E-state index contributed by atoms with van der Waals surface area (Å²) in [6.07, 6.45) is -20.8. The van der Waals surface area contributed by atoms with Crippen molar-refractivity contribution in [3.8, 4) is 22.3 Å². The second-order valence-corrected chi connectivity index (χ2v) is 17.5. The third-order valence-electron chi connectivity index (χ3n) is 13.5. The summed E-state index contributed by atoms with van der Waals surface area (Å²) >= 11 is 0. The van der Waals surface area contributed by atoms with Crippen LogP contribution in [0.3, 0.4) is 0 Å². The van der Waals surface area contributed by atoms with Crippen LogP contribution in [0, 0.1) is 0 Å². The maximum absolute atomic E-state index is 14.7. The number of benzene rings is 7. The van der Waals surface area contributed by atoms with Crippen molar-refractivity contribution in [1.82, 2.24) is 0 Å². The summed E-state index contributed by atoms with van der Waals surface area (Å²) in [4.78, 5) is 57.9. The molecule has 0 aromatic heterocycles. The molecule has 2 aliphatic heterocycles. The number of hydrogen-bond donors (Lipinski definition) is 2. The number of alkyl halides is 12. The van der Waals surface area contributed by atoms with E-state index < -0.39 is 116 Å². The van der Waals surface area contributed by atoms with E-state index in [1.807, 2.05) is 0 Å². The predicted molar refractivity (Wildman–Crippen MR) is 236 cm³/mol. The predicted octanol–water partition coefficient (Wildman–Crippen LogP) is 12.8. The van der Waals surface area contributed by atoms with Gasteiger partial charge in [-0.3, -0.25) is 19.2 Å². The van der Waals surface area contributed by atoms with Crippen molar-refractivity contribution in [2.75, 3.05) is 21.3 Å². The Hall–Kier alpha value is -8.42. The third-order valence-corrected chi connectivity index (χ3v) is 13.5. The van der Waals surface area contributed by atoms with Crippen LogP contribution in [0.2, 0.25) is 0 Å². The van der Waals surface area contributed by atoms with Crippen LogP contribution in [0.4, 0.5) is 75.4 Å². The highest BCUT2D eigenvalue weighted by Crippen LogP contribution is 2.58. The molecule has 0 spiro atoms. The van der Waals surface area contributed by atoms with Gasteiger partial charge in [-0.25, -0.2) is 9.80 Å². The van der Waals surface area contributed by atoms with Crippen LogP contribution in [0.5, 0.6) is 0 Å². The van der Waals surface area contributed by atoms with E-state index in [0.717, 1.165) is 48.5 Å². The van der Waals surface area contributed by atoms with E-state index in [-0.39, 0.29) is 33.6 Å². The number of carbonyl (C=O) groups excluding carboxylic acids is 4. The fourth-order valence-electron chi connectivity index (χ4n) is 10.5. The molecule has 4 N–H and O–H groups in total. The van der Waals surface area contributed by atoms with Gasteiger partial charge >= 0.3 is 24.7 Å². The highest BCUT2D eigenvalue weighted by Gasteiger charge is 2.49. The number of halogens is 12. The van der Waals surface area contributed by atoms with E-state index >= 15 is 0 Å². The molecular formula is C52H26F12N4O4. The smallest absolute Gasteiger partial charge is 0.399 e. The van der Waals surface area contributed by atoms with Crippen LogP contribution in [0.1, 0.15) is 109 Å². The SMILES string of the molecule is Nc1ccc(-c2ccc(N3C(=O)c4cc5c(cc4C3=O)C3c4ccccc4C5c4cc5c(cc43)C(=O)N(c3ccc(-c4ccc(N)cc4C(F)(F)F)c(C(F)(F)F)c3)C5=O)cc2C(F)(F)F)c(C(F)(F)F)c1. The molecule has 362 valence electrons. The van der Waals surface area contributed by atoms with Gasteiger partial charge in [-0.1, -0.05) is 48.5 Å². The average Bonchev–Trinajstić information content (AvgIpc) is 3.70. The van der Waals surface area contributed by atoms with Crippen LogP contribution in [0.25, 0.3) is 22.3 Å². The van der Waals surface area contributed by atoms with E-state index in [1.165, 1.54) is 24.3 Å². The number of fused-ring (bicyclic) bond motifs is 2. The molecule has 3 aliphatic carbocycles. The average molecular weight is 999 g/mol. The first kappa shape index (κ1) is 46.0. The first-order valence-electron chi connectivity index (χ1n) is 21.3. The lowest BCUT2D eigenvalue weighted by molar-refractivity contribution is -0.139. The largest absolute Gasteiger partial charge is 0.417 e. The number of amides is 4. The van der Waals surface area contributed by atoms with E-state index in [0.29, 0.717) is 67.4 Å². The van der Waals surface area contributed by atoms with Gasteiger partial charge in [0.1, 0.15) is 0 Å². The number of hydrogen-bond acceptors (Lipinski definition) is 6. The van der Waals surface area contributed by atoms with Gasteiger partial charge in [0, 0.05) is 23.2 Å². The number of imide groups is 2. The van der Waals surface area contributed by atoms with Crippen molar-refractivity contribution >= 4 is 46.4 Å². The lowest BCUT2D eigenvalue weighted by atomic mass is 9.60. The van der Waals surface area contributed by atoms with Crippen LogP contribution < -0.4 is 21.3 Å². The van der Waals surface area contributed by atoms with E-state index in [9.17, 15) is 71.9 Å². The zero-order valence-electron chi connectivity index (χ0n) is 35.9. The van der Waals surface area contributed by atoms with E-state index in [1.54, 1.807) is 24.3 Å². The summed E-state index contributed by atoms with van der Waals surface area (Å²) in [6, 6.07) is 21.1. The van der Waals surface area contributed by atoms with Crippen LogP contribution >= 0.6 is 0 Å². The minimum absolute atomic E-state index is 0.232. The lowest BCUT2D eigenvalue weighted by Gasteiger charge is -2.42. The molecule has 2 heterocycles. The molecule has 20 heteroatoms. The highest BCUT2D eigenvalue weighted by atomic mass is 19.4. The number of carbonyl (C=O) groups is 4. The summed E-state index contributed by atoms with van der Waals surface area (Å²) < 4.78 is 173. The molecule has 0 radical (unpaired) electrons. The quantitative estimate of drug-likeness (QED) is 0.103. The highest BCUT2D eigenvalue weighted by molar-refractivity contribution is 6.35. The fraction of sp³-hybridized carbons (Fsp3) is 0.115. The molecule has 72 heavy (non-hydrogen) atoms. The minimum atomic E-state index is -5.29. The van der Waals surface area contributed by atoms with Gasteiger partial charge in [0.05, 0.1) is 55.9 Å².